The number of piperidine rings is 1. The number of hydrogen-bond acceptors (Lipinski definition) is 6. The van der Waals surface area contributed by atoms with Crippen LogP contribution in [-0.4, -0.2) is 73.1 Å². The molecule has 0 radical (unpaired) electrons. The van der Waals surface area contributed by atoms with Crippen LogP contribution in [0.5, 0.6) is 11.5 Å². The van der Waals surface area contributed by atoms with Gasteiger partial charge in [-0.3, -0.25) is 14.5 Å². The Morgan fingerprint density at radius 3 is 2.35 bits per heavy atom. The molecule has 4 rings (SSSR count). The van der Waals surface area contributed by atoms with Crippen molar-refractivity contribution >= 4 is 11.8 Å². The van der Waals surface area contributed by atoms with E-state index in [1.54, 1.807) is 31.3 Å². The summed E-state index contributed by atoms with van der Waals surface area (Å²) in [6, 6.07) is 15.3. The van der Waals surface area contributed by atoms with Gasteiger partial charge in [-0.05, 0) is 80.3 Å². The third-order valence-corrected chi connectivity index (χ3v) is 8.23. The van der Waals surface area contributed by atoms with Crippen LogP contribution in [-0.2, 0) is 11.3 Å². The molecule has 1 unspecified atom stereocenters. The highest BCUT2D eigenvalue weighted by atomic mass is 16.5. The Morgan fingerprint density at radius 2 is 1.70 bits per heavy atom. The largest absolute Gasteiger partial charge is 0.497 e. The van der Waals surface area contributed by atoms with Crippen LogP contribution in [0.15, 0.2) is 48.5 Å². The number of rotatable bonds is 10. The quantitative estimate of drug-likeness (QED) is 0.460. The Hall–Kier alpha value is -3.10. The van der Waals surface area contributed by atoms with Crippen LogP contribution in [0, 0.1) is 5.92 Å². The maximum atomic E-state index is 13.8. The Labute approximate surface area is 239 Å². The van der Waals surface area contributed by atoms with Gasteiger partial charge in [-0.1, -0.05) is 32.0 Å². The summed E-state index contributed by atoms with van der Waals surface area (Å²) in [5.74, 6) is 1.74. The molecule has 2 atom stereocenters. The third-order valence-electron chi connectivity index (χ3n) is 8.23. The van der Waals surface area contributed by atoms with E-state index in [1.807, 2.05) is 24.3 Å². The number of carbonyl (C=O) groups excluding carboxylic acids is 2. The van der Waals surface area contributed by atoms with Crippen molar-refractivity contribution in [2.75, 3.05) is 27.3 Å². The van der Waals surface area contributed by atoms with Gasteiger partial charge in [0.25, 0.3) is 5.91 Å². The molecule has 2 amide bonds. The first-order chi connectivity index (χ1) is 19.3. The highest BCUT2D eigenvalue weighted by molar-refractivity contribution is 5.98. The predicted octanol–water partition coefficient (Wildman–Crippen LogP) is 4.22. The van der Waals surface area contributed by atoms with Gasteiger partial charge in [-0.15, -0.1) is 0 Å². The van der Waals surface area contributed by atoms with E-state index in [2.05, 4.69) is 36.2 Å². The fourth-order valence-corrected chi connectivity index (χ4v) is 6.03. The van der Waals surface area contributed by atoms with Crippen molar-refractivity contribution in [2.45, 2.75) is 83.1 Å². The average Bonchev–Trinajstić information content (AvgIpc) is 2.97. The minimum Gasteiger partial charge on any atom is -0.497 e. The monoisotopic (exact) mass is 550 g/mol. The number of nitrogens with one attached hydrogen (secondary N) is 1. The van der Waals surface area contributed by atoms with E-state index in [4.69, 9.17) is 15.2 Å². The summed E-state index contributed by atoms with van der Waals surface area (Å²) in [4.78, 5) is 31.9. The van der Waals surface area contributed by atoms with E-state index in [-0.39, 0.29) is 29.9 Å². The lowest BCUT2D eigenvalue weighted by molar-refractivity contribution is -0.128. The molecule has 2 aliphatic rings. The molecule has 218 valence electrons. The molecule has 40 heavy (non-hydrogen) atoms. The van der Waals surface area contributed by atoms with Gasteiger partial charge in [-0.25, -0.2) is 0 Å². The second kappa shape index (κ2) is 14.0. The summed E-state index contributed by atoms with van der Waals surface area (Å²) in [5, 5.41) is 3.29. The summed E-state index contributed by atoms with van der Waals surface area (Å²) in [6.45, 7) is 6.66. The number of methoxy groups -OCH3 is 2. The second-order valence-corrected chi connectivity index (χ2v) is 11.7. The summed E-state index contributed by atoms with van der Waals surface area (Å²) in [6.07, 6.45) is 4.98. The number of nitrogens with zero attached hydrogens (tertiary/aromatic N) is 2. The normalized spacial score (nSPS) is 23.2. The molecule has 0 aromatic heterocycles. The van der Waals surface area contributed by atoms with Crippen LogP contribution in [0.2, 0.25) is 0 Å². The molecule has 8 nitrogen and oxygen atoms in total. The van der Waals surface area contributed by atoms with Crippen molar-refractivity contribution in [3.05, 3.63) is 59.7 Å². The number of hydrogen-bond donors (Lipinski definition) is 2. The van der Waals surface area contributed by atoms with Crippen LogP contribution in [0.4, 0.5) is 0 Å². The lowest BCUT2D eigenvalue weighted by Gasteiger charge is -2.44. The SMILES string of the molecule is COc1ccc(CN(CC(C)C)C2CCN(C(=O)c3cccc(OC)c3)[C@@H](C(=O)NC3CCC(N)CC3)C2)cc1. The van der Waals surface area contributed by atoms with E-state index in [9.17, 15) is 9.59 Å². The lowest BCUT2D eigenvalue weighted by Crippen LogP contribution is -2.58. The van der Waals surface area contributed by atoms with Gasteiger partial charge in [0.1, 0.15) is 17.5 Å². The first kappa shape index (κ1) is 29.9. The third kappa shape index (κ3) is 7.76. The molecule has 0 spiro atoms. The fourth-order valence-electron chi connectivity index (χ4n) is 6.03. The molecule has 8 heteroatoms. The summed E-state index contributed by atoms with van der Waals surface area (Å²) >= 11 is 0. The zero-order valence-electron chi connectivity index (χ0n) is 24.5. The zero-order valence-corrected chi connectivity index (χ0v) is 24.5. The van der Waals surface area contributed by atoms with Gasteiger partial charge in [0.2, 0.25) is 5.91 Å². The number of nitrogens with two attached hydrogens (primary N) is 1. The number of benzene rings is 2. The van der Waals surface area contributed by atoms with E-state index >= 15 is 0 Å². The topological polar surface area (TPSA) is 97.1 Å². The predicted molar refractivity (Wildman–Crippen MR) is 157 cm³/mol. The second-order valence-electron chi connectivity index (χ2n) is 11.7. The Kier molecular flexibility index (Phi) is 10.5. The number of amides is 2. The summed E-state index contributed by atoms with van der Waals surface area (Å²) in [7, 11) is 3.26. The highest BCUT2D eigenvalue weighted by Crippen LogP contribution is 2.28. The molecule has 2 aromatic rings. The van der Waals surface area contributed by atoms with Crippen LogP contribution >= 0.6 is 0 Å². The minimum atomic E-state index is -0.543. The standard InChI is InChI=1S/C32H46N4O4/c1-22(2)20-35(21-23-8-14-28(39-3)15-9-23)27-16-17-36(32(38)24-6-5-7-29(18-24)40-4)30(19-27)31(37)34-26-12-10-25(33)11-13-26/h5-9,14-15,18,22,25-27,30H,10-13,16-17,19-21,33H2,1-4H3,(H,34,37)/t25?,26?,27?,30-/m1/s1. The molecule has 1 heterocycles. The number of ether oxygens (including phenoxy) is 2. The van der Waals surface area contributed by atoms with Crippen LogP contribution in [0.1, 0.15) is 68.3 Å². The van der Waals surface area contributed by atoms with Gasteiger partial charge in [0.15, 0.2) is 0 Å². The highest BCUT2D eigenvalue weighted by Gasteiger charge is 2.39. The van der Waals surface area contributed by atoms with Gasteiger partial charge in [0, 0.05) is 43.3 Å². The van der Waals surface area contributed by atoms with Crippen LogP contribution in [0.25, 0.3) is 0 Å². The van der Waals surface area contributed by atoms with Crippen molar-refractivity contribution in [1.29, 1.82) is 0 Å². The summed E-state index contributed by atoms with van der Waals surface area (Å²) in [5.41, 5.74) is 7.85. The molecule has 1 aliphatic heterocycles. The molecule has 2 fully saturated rings. The van der Waals surface area contributed by atoms with E-state index < -0.39 is 6.04 Å². The maximum absolute atomic E-state index is 13.8. The summed E-state index contributed by atoms with van der Waals surface area (Å²) < 4.78 is 10.7. The first-order valence-electron chi connectivity index (χ1n) is 14.6. The van der Waals surface area contributed by atoms with Gasteiger partial charge in [0.05, 0.1) is 14.2 Å². The van der Waals surface area contributed by atoms with Crippen molar-refractivity contribution in [2.24, 2.45) is 11.7 Å². The van der Waals surface area contributed by atoms with E-state index in [0.717, 1.165) is 50.9 Å². The van der Waals surface area contributed by atoms with Gasteiger partial charge in [-0.2, -0.15) is 0 Å². The van der Waals surface area contributed by atoms with E-state index in [1.165, 1.54) is 5.56 Å². The average molecular weight is 551 g/mol. The lowest BCUT2D eigenvalue weighted by atomic mass is 9.90. The molecule has 0 bridgehead atoms. The van der Waals surface area contributed by atoms with Crippen molar-refractivity contribution < 1.29 is 19.1 Å². The minimum absolute atomic E-state index is 0.0599. The van der Waals surface area contributed by atoms with Crippen molar-refractivity contribution in [1.82, 2.24) is 15.1 Å². The van der Waals surface area contributed by atoms with Crippen LogP contribution < -0.4 is 20.5 Å². The first-order valence-corrected chi connectivity index (χ1v) is 14.6. The van der Waals surface area contributed by atoms with Gasteiger partial charge < -0.3 is 25.4 Å². The molecule has 1 saturated carbocycles. The molecule has 2 aromatic carbocycles. The Balaban J connectivity index is 1.56. The molecule has 1 saturated heterocycles. The maximum Gasteiger partial charge on any atom is 0.254 e. The Morgan fingerprint density at radius 1 is 1.00 bits per heavy atom. The van der Waals surface area contributed by atoms with Crippen LogP contribution in [0.3, 0.4) is 0 Å². The fraction of sp³-hybridized carbons (Fsp3) is 0.562. The van der Waals surface area contributed by atoms with Crippen molar-refractivity contribution in [3.8, 4) is 11.5 Å². The smallest absolute Gasteiger partial charge is 0.254 e. The molecule has 3 N–H and O–H groups in total. The number of likely N-dealkylation sites (tertiary alicyclic amines) is 1. The molecular formula is C32H46N4O4. The molecule has 1 aliphatic carbocycles. The Bertz CT molecular complexity index is 1110. The molecular weight excluding hydrogens is 504 g/mol. The van der Waals surface area contributed by atoms with E-state index in [0.29, 0.717) is 30.2 Å². The zero-order chi connectivity index (χ0) is 28.6. The van der Waals surface area contributed by atoms with Crippen molar-refractivity contribution in [3.63, 3.8) is 0 Å². The van der Waals surface area contributed by atoms with Gasteiger partial charge >= 0.3 is 0 Å². The number of carbonyl (C=O) groups is 2.